The van der Waals surface area contributed by atoms with E-state index in [4.69, 9.17) is 4.74 Å². The zero-order chi connectivity index (χ0) is 12.8. The van der Waals surface area contributed by atoms with Gasteiger partial charge in [0.15, 0.2) is 0 Å². The second kappa shape index (κ2) is 7.46. The summed E-state index contributed by atoms with van der Waals surface area (Å²) in [5.41, 5.74) is 0. The van der Waals surface area contributed by atoms with Crippen LogP contribution >= 0.6 is 0 Å². The van der Waals surface area contributed by atoms with Crippen molar-refractivity contribution in [2.24, 2.45) is 5.92 Å². The number of rotatable bonds is 4. The summed E-state index contributed by atoms with van der Waals surface area (Å²) >= 11 is 0. The van der Waals surface area contributed by atoms with Crippen LogP contribution in [0.2, 0.25) is 0 Å². The van der Waals surface area contributed by atoms with Crippen molar-refractivity contribution in [1.82, 2.24) is 10.2 Å². The van der Waals surface area contributed by atoms with Gasteiger partial charge in [-0.1, -0.05) is 0 Å². The SMILES string of the molecule is CC(C)N(CC1CCCNC1)C1CCCOCC1. The van der Waals surface area contributed by atoms with Gasteiger partial charge < -0.3 is 10.1 Å². The summed E-state index contributed by atoms with van der Waals surface area (Å²) in [6.45, 7) is 10.3. The highest BCUT2D eigenvalue weighted by Gasteiger charge is 2.25. The third-order valence-electron chi connectivity index (χ3n) is 4.42. The molecule has 106 valence electrons. The van der Waals surface area contributed by atoms with Gasteiger partial charge in [-0.2, -0.15) is 0 Å². The van der Waals surface area contributed by atoms with Gasteiger partial charge in [0.25, 0.3) is 0 Å². The standard InChI is InChI=1S/C15H30N2O/c1-13(2)17(12-14-5-3-8-16-11-14)15-6-4-9-18-10-7-15/h13-16H,3-12H2,1-2H3. The Balaban J connectivity index is 1.89. The number of nitrogens with one attached hydrogen (secondary N) is 1. The first-order valence-electron chi connectivity index (χ1n) is 7.81. The van der Waals surface area contributed by atoms with E-state index in [2.05, 4.69) is 24.1 Å². The molecule has 3 heteroatoms. The van der Waals surface area contributed by atoms with Crippen molar-refractivity contribution in [2.45, 2.75) is 58.0 Å². The lowest BCUT2D eigenvalue weighted by Crippen LogP contribution is -2.46. The fourth-order valence-electron chi connectivity index (χ4n) is 3.38. The van der Waals surface area contributed by atoms with Crippen molar-refractivity contribution in [3.63, 3.8) is 0 Å². The highest BCUT2D eigenvalue weighted by molar-refractivity contribution is 4.81. The smallest absolute Gasteiger partial charge is 0.0480 e. The molecule has 1 N–H and O–H groups in total. The highest BCUT2D eigenvalue weighted by atomic mass is 16.5. The van der Waals surface area contributed by atoms with Crippen molar-refractivity contribution in [1.29, 1.82) is 0 Å². The van der Waals surface area contributed by atoms with Crippen LogP contribution in [0.5, 0.6) is 0 Å². The molecule has 2 saturated heterocycles. The molecule has 0 bridgehead atoms. The van der Waals surface area contributed by atoms with Crippen LogP contribution in [0.1, 0.15) is 46.0 Å². The first-order valence-corrected chi connectivity index (χ1v) is 7.81. The van der Waals surface area contributed by atoms with E-state index in [1.54, 1.807) is 0 Å². The van der Waals surface area contributed by atoms with Crippen LogP contribution in [0.15, 0.2) is 0 Å². The summed E-state index contributed by atoms with van der Waals surface area (Å²) in [5.74, 6) is 0.852. The van der Waals surface area contributed by atoms with E-state index in [0.29, 0.717) is 6.04 Å². The Bertz CT molecular complexity index is 219. The molecule has 0 amide bonds. The van der Waals surface area contributed by atoms with E-state index in [-0.39, 0.29) is 0 Å². The lowest BCUT2D eigenvalue weighted by atomic mass is 9.96. The quantitative estimate of drug-likeness (QED) is 0.833. The predicted octanol–water partition coefficient (Wildman–Crippen LogP) is 2.27. The molecule has 0 aliphatic carbocycles. The molecule has 0 aromatic heterocycles. The second-order valence-corrected chi connectivity index (χ2v) is 6.20. The van der Waals surface area contributed by atoms with Crippen molar-refractivity contribution >= 4 is 0 Å². The van der Waals surface area contributed by atoms with E-state index in [9.17, 15) is 0 Å². The van der Waals surface area contributed by atoms with Crippen molar-refractivity contribution in [3.8, 4) is 0 Å². The third-order valence-corrected chi connectivity index (χ3v) is 4.42. The maximum atomic E-state index is 5.61. The zero-order valence-electron chi connectivity index (χ0n) is 12.2. The summed E-state index contributed by atoms with van der Waals surface area (Å²) in [5, 5.41) is 3.54. The predicted molar refractivity (Wildman–Crippen MR) is 75.9 cm³/mol. The van der Waals surface area contributed by atoms with Crippen LogP contribution in [-0.2, 0) is 4.74 Å². The minimum absolute atomic E-state index is 0.662. The molecule has 0 radical (unpaired) electrons. The van der Waals surface area contributed by atoms with Gasteiger partial charge in [-0.25, -0.2) is 0 Å². The van der Waals surface area contributed by atoms with E-state index in [1.807, 2.05) is 0 Å². The Labute approximate surface area is 112 Å². The fourth-order valence-corrected chi connectivity index (χ4v) is 3.38. The van der Waals surface area contributed by atoms with Crippen LogP contribution in [-0.4, -0.2) is 49.8 Å². The van der Waals surface area contributed by atoms with Gasteiger partial charge >= 0.3 is 0 Å². The molecule has 18 heavy (non-hydrogen) atoms. The zero-order valence-corrected chi connectivity index (χ0v) is 12.2. The molecule has 0 spiro atoms. The number of piperidine rings is 1. The summed E-state index contributed by atoms with van der Waals surface area (Å²) in [6.07, 6.45) is 6.53. The topological polar surface area (TPSA) is 24.5 Å². The van der Waals surface area contributed by atoms with Gasteiger partial charge in [0, 0.05) is 31.8 Å². The highest BCUT2D eigenvalue weighted by Crippen LogP contribution is 2.21. The summed E-state index contributed by atoms with van der Waals surface area (Å²) in [6, 6.07) is 1.41. The third kappa shape index (κ3) is 4.22. The summed E-state index contributed by atoms with van der Waals surface area (Å²) < 4.78 is 5.61. The molecular weight excluding hydrogens is 224 g/mol. The first-order chi connectivity index (χ1) is 8.77. The molecule has 2 atom stereocenters. The fraction of sp³-hybridized carbons (Fsp3) is 1.00. The molecule has 0 saturated carbocycles. The molecule has 2 unspecified atom stereocenters. The average Bonchev–Trinajstić information content (AvgIpc) is 2.65. The molecule has 2 heterocycles. The Kier molecular flexibility index (Phi) is 5.93. The van der Waals surface area contributed by atoms with Gasteiger partial charge in [-0.05, 0) is 65.0 Å². The molecule has 0 aromatic carbocycles. The molecule has 3 nitrogen and oxygen atoms in total. The molecule has 2 aliphatic heterocycles. The minimum atomic E-state index is 0.662. The maximum absolute atomic E-state index is 5.61. The molecule has 2 fully saturated rings. The molecule has 2 rings (SSSR count). The Morgan fingerprint density at radius 1 is 1.17 bits per heavy atom. The minimum Gasteiger partial charge on any atom is -0.381 e. The average molecular weight is 254 g/mol. The number of nitrogens with zero attached hydrogens (tertiary/aromatic N) is 1. The van der Waals surface area contributed by atoms with Crippen molar-refractivity contribution < 1.29 is 4.74 Å². The largest absolute Gasteiger partial charge is 0.381 e. The Morgan fingerprint density at radius 2 is 2.06 bits per heavy atom. The monoisotopic (exact) mass is 254 g/mol. The van der Waals surface area contributed by atoms with E-state index in [0.717, 1.165) is 25.2 Å². The van der Waals surface area contributed by atoms with Crippen molar-refractivity contribution in [3.05, 3.63) is 0 Å². The van der Waals surface area contributed by atoms with Crippen LogP contribution in [0.3, 0.4) is 0 Å². The van der Waals surface area contributed by atoms with E-state index >= 15 is 0 Å². The summed E-state index contributed by atoms with van der Waals surface area (Å²) in [7, 11) is 0. The number of hydrogen-bond donors (Lipinski definition) is 1. The number of hydrogen-bond acceptors (Lipinski definition) is 3. The molecular formula is C15H30N2O. The van der Waals surface area contributed by atoms with Gasteiger partial charge in [-0.3, -0.25) is 4.90 Å². The van der Waals surface area contributed by atoms with Crippen LogP contribution in [0.25, 0.3) is 0 Å². The normalized spacial score (nSPS) is 30.7. The van der Waals surface area contributed by atoms with E-state index < -0.39 is 0 Å². The van der Waals surface area contributed by atoms with Crippen LogP contribution < -0.4 is 5.32 Å². The molecule has 2 aliphatic rings. The van der Waals surface area contributed by atoms with Crippen LogP contribution in [0.4, 0.5) is 0 Å². The molecule has 0 aromatic rings. The Hall–Kier alpha value is -0.120. The summed E-state index contributed by atoms with van der Waals surface area (Å²) in [4.78, 5) is 2.74. The first kappa shape index (κ1) is 14.3. The lowest BCUT2D eigenvalue weighted by Gasteiger charge is -2.38. The second-order valence-electron chi connectivity index (χ2n) is 6.20. The van der Waals surface area contributed by atoms with Crippen molar-refractivity contribution in [2.75, 3.05) is 32.8 Å². The van der Waals surface area contributed by atoms with Gasteiger partial charge in [0.1, 0.15) is 0 Å². The number of ether oxygens (including phenoxy) is 1. The van der Waals surface area contributed by atoms with Gasteiger partial charge in [0.05, 0.1) is 0 Å². The lowest BCUT2D eigenvalue weighted by molar-refractivity contribution is 0.0955. The van der Waals surface area contributed by atoms with Gasteiger partial charge in [-0.15, -0.1) is 0 Å². The Morgan fingerprint density at radius 3 is 2.78 bits per heavy atom. The van der Waals surface area contributed by atoms with E-state index in [1.165, 1.54) is 51.7 Å². The van der Waals surface area contributed by atoms with Crippen LogP contribution in [0, 0.1) is 5.92 Å². The maximum Gasteiger partial charge on any atom is 0.0480 e. The van der Waals surface area contributed by atoms with Gasteiger partial charge in [0.2, 0.25) is 0 Å².